The number of thiophene rings is 1. The monoisotopic (exact) mass is 278 g/mol. The van der Waals surface area contributed by atoms with Crippen LogP contribution >= 0.6 is 11.3 Å². The molecule has 0 aromatic carbocycles. The van der Waals surface area contributed by atoms with E-state index in [0.29, 0.717) is 12.5 Å². The SMILES string of the molecule is CC1CCN(C(=O)c2cc3c(s2)CCCC3)CC1N. The first-order chi connectivity index (χ1) is 9.15. The molecular weight excluding hydrogens is 256 g/mol. The van der Waals surface area contributed by atoms with E-state index in [1.807, 2.05) is 4.90 Å². The van der Waals surface area contributed by atoms with Gasteiger partial charge < -0.3 is 10.6 Å². The largest absolute Gasteiger partial charge is 0.336 e. The van der Waals surface area contributed by atoms with E-state index in [-0.39, 0.29) is 11.9 Å². The molecule has 0 spiro atoms. The number of aryl methyl sites for hydroxylation is 2. The summed E-state index contributed by atoms with van der Waals surface area (Å²) in [4.78, 5) is 16.9. The third-order valence-electron chi connectivity index (χ3n) is 4.51. The van der Waals surface area contributed by atoms with Crippen LogP contribution in [0.2, 0.25) is 0 Å². The predicted molar refractivity (Wildman–Crippen MR) is 78.6 cm³/mol. The first-order valence-corrected chi connectivity index (χ1v) is 8.13. The number of rotatable bonds is 1. The fraction of sp³-hybridized carbons (Fsp3) is 0.667. The zero-order chi connectivity index (χ0) is 13.4. The van der Waals surface area contributed by atoms with E-state index in [1.165, 1.54) is 23.3 Å². The molecule has 2 N–H and O–H groups in total. The highest BCUT2D eigenvalue weighted by molar-refractivity contribution is 7.14. The first kappa shape index (κ1) is 13.1. The van der Waals surface area contributed by atoms with Crippen molar-refractivity contribution in [2.45, 2.75) is 45.1 Å². The molecule has 2 atom stereocenters. The Hall–Kier alpha value is -0.870. The van der Waals surface area contributed by atoms with Gasteiger partial charge in [0.15, 0.2) is 0 Å². The third kappa shape index (κ3) is 2.56. The maximum atomic E-state index is 12.6. The average molecular weight is 278 g/mol. The molecular formula is C15H22N2OS. The van der Waals surface area contributed by atoms with Crippen LogP contribution in [0.5, 0.6) is 0 Å². The topological polar surface area (TPSA) is 46.3 Å². The normalized spacial score (nSPS) is 27.2. The number of hydrogen-bond acceptors (Lipinski definition) is 3. The van der Waals surface area contributed by atoms with Crippen LogP contribution in [0.3, 0.4) is 0 Å². The Morgan fingerprint density at radius 1 is 1.42 bits per heavy atom. The molecule has 4 heteroatoms. The van der Waals surface area contributed by atoms with Crippen LogP contribution in [0, 0.1) is 5.92 Å². The Balaban J connectivity index is 1.75. The highest BCUT2D eigenvalue weighted by Gasteiger charge is 2.28. The Bertz CT molecular complexity index is 459. The van der Waals surface area contributed by atoms with Crippen molar-refractivity contribution < 1.29 is 4.79 Å². The number of carbonyl (C=O) groups excluding carboxylic acids is 1. The van der Waals surface area contributed by atoms with E-state index in [0.717, 1.165) is 30.7 Å². The standard InChI is InChI=1S/C15H22N2OS/c1-10-6-7-17(9-12(10)16)15(18)14-8-11-4-2-3-5-13(11)19-14/h8,10,12H,2-7,9,16H2,1H3. The summed E-state index contributed by atoms with van der Waals surface area (Å²) >= 11 is 1.71. The number of carbonyl (C=O) groups is 1. The van der Waals surface area contributed by atoms with Crippen molar-refractivity contribution in [1.29, 1.82) is 0 Å². The Morgan fingerprint density at radius 3 is 2.95 bits per heavy atom. The lowest BCUT2D eigenvalue weighted by Crippen LogP contribution is -2.49. The van der Waals surface area contributed by atoms with Gasteiger partial charge in [0.1, 0.15) is 0 Å². The molecule has 2 unspecified atom stereocenters. The molecule has 1 amide bonds. The maximum absolute atomic E-state index is 12.6. The van der Waals surface area contributed by atoms with Crippen LogP contribution in [-0.4, -0.2) is 29.9 Å². The van der Waals surface area contributed by atoms with Crippen LogP contribution in [0.15, 0.2) is 6.07 Å². The molecule has 2 aliphatic rings. The molecule has 0 saturated carbocycles. The molecule has 3 rings (SSSR count). The fourth-order valence-electron chi connectivity index (χ4n) is 3.04. The van der Waals surface area contributed by atoms with Gasteiger partial charge in [-0.2, -0.15) is 0 Å². The van der Waals surface area contributed by atoms with Gasteiger partial charge in [-0.15, -0.1) is 11.3 Å². The van der Waals surface area contributed by atoms with Gasteiger partial charge in [-0.05, 0) is 49.7 Å². The second-order valence-corrected chi connectivity index (χ2v) is 7.08. The van der Waals surface area contributed by atoms with Gasteiger partial charge in [-0.1, -0.05) is 6.92 Å². The van der Waals surface area contributed by atoms with Gasteiger partial charge in [0, 0.05) is 24.0 Å². The molecule has 104 valence electrons. The second-order valence-electron chi connectivity index (χ2n) is 5.95. The van der Waals surface area contributed by atoms with Gasteiger partial charge in [0.2, 0.25) is 0 Å². The second kappa shape index (κ2) is 5.25. The minimum atomic E-state index is 0.132. The Labute approximate surface area is 118 Å². The van der Waals surface area contributed by atoms with E-state index in [1.54, 1.807) is 11.3 Å². The van der Waals surface area contributed by atoms with Gasteiger partial charge in [0.05, 0.1) is 4.88 Å². The predicted octanol–water partition coefficient (Wildman–Crippen LogP) is 2.44. The molecule has 3 nitrogen and oxygen atoms in total. The number of piperidine rings is 1. The summed E-state index contributed by atoms with van der Waals surface area (Å²) in [6, 6.07) is 2.26. The smallest absolute Gasteiger partial charge is 0.263 e. The Morgan fingerprint density at radius 2 is 2.21 bits per heavy atom. The molecule has 1 saturated heterocycles. The summed E-state index contributed by atoms with van der Waals surface area (Å²) < 4.78 is 0. The van der Waals surface area contributed by atoms with E-state index in [2.05, 4.69) is 13.0 Å². The molecule has 1 aromatic rings. The summed E-state index contributed by atoms with van der Waals surface area (Å²) in [5, 5.41) is 0. The van der Waals surface area contributed by atoms with Crippen molar-refractivity contribution >= 4 is 17.2 Å². The summed E-state index contributed by atoms with van der Waals surface area (Å²) in [5.74, 6) is 0.724. The molecule has 1 aliphatic carbocycles. The van der Waals surface area contributed by atoms with Crippen molar-refractivity contribution in [3.8, 4) is 0 Å². The number of hydrogen-bond donors (Lipinski definition) is 1. The van der Waals surface area contributed by atoms with E-state index >= 15 is 0 Å². The number of nitrogens with zero attached hydrogens (tertiary/aromatic N) is 1. The van der Waals surface area contributed by atoms with Crippen molar-refractivity contribution in [2.24, 2.45) is 11.7 Å². The fourth-order valence-corrected chi connectivity index (χ4v) is 4.26. The lowest BCUT2D eigenvalue weighted by Gasteiger charge is -2.34. The lowest BCUT2D eigenvalue weighted by atomic mass is 9.94. The molecule has 0 radical (unpaired) electrons. The molecule has 1 aromatic heterocycles. The molecule has 1 fully saturated rings. The van der Waals surface area contributed by atoms with E-state index < -0.39 is 0 Å². The highest BCUT2D eigenvalue weighted by Crippen LogP contribution is 2.31. The maximum Gasteiger partial charge on any atom is 0.263 e. The first-order valence-electron chi connectivity index (χ1n) is 7.31. The van der Waals surface area contributed by atoms with E-state index in [4.69, 9.17) is 5.73 Å². The molecule has 0 bridgehead atoms. The number of likely N-dealkylation sites (tertiary alicyclic amines) is 1. The Kier molecular flexibility index (Phi) is 3.63. The highest BCUT2D eigenvalue weighted by atomic mass is 32.1. The molecule has 2 heterocycles. The zero-order valence-electron chi connectivity index (χ0n) is 11.5. The van der Waals surface area contributed by atoms with Gasteiger partial charge in [0.25, 0.3) is 5.91 Å². The van der Waals surface area contributed by atoms with Crippen molar-refractivity contribution in [1.82, 2.24) is 4.90 Å². The molecule has 19 heavy (non-hydrogen) atoms. The zero-order valence-corrected chi connectivity index (χ0v) is 12.3. The van der Waals surface area contributed by atoms with Crippen molar-refractivity contribution in [3.05, 3.63) is 21.4 Å². The van der Waals surface area contributed by atoms with Gasteiger partial charge in [-0.3, -0.25) is 4.79 Å². The summed E-state index contributed by atoms with van der Waals surface area (Å²) in [6.45, 7) is 3.75. The van der Waals surface area contributed by atoms with Crippen LogP contribution in [0.25, 0.3) is 0 Å². The average Bonchev–Trinajstić information content (AvgIpc) is 2.85. The lowest BCUT2D eigenvalue weighted by molar-refractivity contribution is 0.0677. The number of nitrogens with two attached hydrogens (primary N) is 1. The van der Waals surface area contributed by atoms with Crippen LogP contribution in [0.4, 0.5) is 0 Å². The third-order valence-corrected chi connectivity index (χ3v) is 5.74. The number of amides is 1. The summed E-state index contributed by atoms with van der Waals surface area (Å²) in [7, 11) is 0. The van der Waals surface area contributed by atoms with Crippen molar-refractivity contribution in [2.75, 3.05) is 13.1 Å². The van der Waals surface area contributed by atoms with Crippen molar-refractivity contribution in [3.63, 3.8) is 0 Å². The van der Waals surface area contributed by atoms with Crippen LogP contribution < -0.4 is 5.73 Å². The van der Waals surface area contributed by atoms with Gasteiger partial charge in [-0.25, -0.2) is 0 Å². The van der Waals surface area contributed by atoms with Crippen LogP contribution in [0.1, 0.15) is 46.3 Å². The van der Waals surface area contributed by atoms with E-state index in [9.17, 15) is 4.79 Å². The summed E-state index contributed by atoms with van der Waals surface area (Å²) in [6.07, 6.45) is 5.87. The minimum absolute atomic E-state index is 0.132. The number of fused-ring (bicyclic) bond motifs is 1. The minimum Gasteiger partial charge on any atom is -0.336 e. The van der Waals surface area contributed by atoms with Crippen LogP contribution in [-0.2, 0) is 12.8 Å². The van der Waals surface area contributed by atoms with Gasteiger partial charge >= 0.3 is 0 Å². The quantitative estimate of drug-likeness (QED) is 0.857. The molecule has 1 aliphatic heterocycles. The summed E-state index contributed by atoms with van der Waals surface area (Å²) in [5.41, 5.74) is 7.50.